The second kappa shape index (κ2) is 9.80. The monoisotopic (exact) mass is 606 g/mol. The lowest BCUT2D eigenvalue weighted by molar-refractivity contribution is -0.572. The van der Waals surface area contributed by atoms with Crippen LogP contribution in [0.25, 0.3) is 77.1 Å². The molecule has 0 unspecified atom stereocenters. The van der Waals surface area contributed by atoms with E-state index in [4.69, 9.17) is 14.1 Å². The molecule has 47 heavy (non-hydrogen) atoms. The van der Waals surface area contributed by atoms with E-state index >= 15 is 0 Å². The second-order valence-electron chi connectivity index (χ2n) is 11.9. The minimum atomic E-state index is 0.741. The van der Waals surface area contributed by atoms with Crippen LogP contribution in [-0.4, -0.2) is 14.1 Å². The Bertz CT molecular complexity index is 2860. The number of imidazole rings is 1. The number of ether oxygens (including phenoxy) is 1. The van der Waals surface area contributed by atoms with Crippen LogP contribution in [0.15, 0.2) is 144 Å². The molecule has 0 aliphatic carbocycles. The Morgan fingerprint density at radius 2 is 1.36 bits per heavy atom. The Labute approximate surface area is 268 Å². The molecule has 0 radical (unpaired) electrons. The summed E-state index contributed by atoms with van der Waals surface area (Å²) in [4.78, 5) is 5.11. The maximum Gasteiger partial charge on any atom is 0.244 e. The van der Waals surface area contributed by atoms with Crippen molar-refractivity contribution in [2.24, 2.45) is 7.05 Å². The van der Waals surface area contributed by atoms with Crippen molar-refractivity contribution in [1.29, 1.82) is 0 Å². The fourth-order valence-electron chi connectivity index (χ4n) is 7.06. The number of rotatable bonds is 4. The summed E-state index contributed by atoms with van der Waals surface area (Å²) in [6, 6.07) is 45.7. The lowest BCUT2D eigenvalue weighted by Crippen LogP contribution is -2.29. The zero-order chi connectivity index (χ0) is 31.1. The fraction of sp³-hybridized carbons (Fsp3) is 0.0244. The van der Waals surface area contributed by atoms with Gasteiger partial charge in [-0.05, 0) is 53.9 Å². The van der Waals surface area contributed by atoms with Crippen LogP contribution >= 0.6 is 0 Å². The third kappa shape index (κ3) is 3.91. The highest BCUT2D eigenvalue weighted by Gasteiger charge is 2.17. The van der Waals surface area contributed by atoms with Crippen LogP contribution in [0.4, 0.5) is 0 Å². The number of para-hydroxylation sites is 3. The first kappa shape index (κ1) is 25.9. The van der Waals surface area contributed by atoms with Gasteiger partial charge in [0.05, 0.1) is 34.8 Å². The summed E-state index contributed by atoms with van der Waals surface area (Å²) in [5.74, 6) is 2.30. The number of fused-ring (bicyclic) bond motifs is 4. The van der Waals surface area contributed by atoms with E-state index in [1.807, 2.05) is 78.5 Å². The maximum atomic E-state index is 6.55. The van der Waals surface area contributed by atoms with Gasteiger partial charge in [-0.1, -0.05) is 78.9 Å². The molecule has 222 valence electrons. The summed E-state index contributed by atoms with van der Waals surface area (Å²) in [6.07, 6.45) is 5.37. The molecule has 6 heteroatoms. The molecule has 0 atom stereocenters. The average Bonchev–Trinajstić information content (AvgIpc) is 3.76. The van der Waals surface area contributed by atoms with Crippen molar-refractivity contribution in [2.45, 2.75) is 0 Å². The summed E-state index contributed by atoms with van der Waals surface area (Å²) >= 11 is 0. The molecule has 10 aromatic rings. The summed E-state index contributed by atoms with van der Waals surface area (Å²) < 4.78 is 19.1. The molecular weight excluding hydrogens is 580 g/mol. The largest absolute Gasteiger partial charge is 0.458 e. The molecule has 6 nitrogen and oxygen atoms in total. The summed E-state index contributed by atoms with van der Waals surface area (Å²) in [6.45, 7) is 0. The van der Waals surface area contributed by atoms with E-state index in [0.717, 1.165) is 88.6 Å². The summed E-state index contributed by atoms with van der Waals surface area (Å²) in [7, 11) is 2.01. The average molecular weight is 607 g/mol. The zero-order valence-electron chi connectivity index (χ0n) is 25.4. The molecule has 4 aromatic heterocycles. The second-order valence-corrected chi connectivity index (χ2v) is 11.9. The predicted octanol–water partition coefficient (Wildman–Crippen LogP) is 9.59. The van der Waals surface area contributed by atoms with Crippen molar-refractivity contribution in [1.82, 2.24) is 14.1 Å². The minimum Gasteiger partial charge on any atom is -0.458 e. The number of aromatic nitrogens is 4. The molecule has 0 bridgehead atoms. The quantitative estimate of drug-likeness (QED) is 0.148. The van der Waals surface area contributed by atoms with Gasteiger partial charge in [0.1, 0.15) is 28.5 Å². The summed E-state index contributed by atoms with van der Waals surface area (Å²) in [5.41, 5.74) is 7.00. The normalized spacial score (nSPS) is 11.9. The number of nitrogens with zero attached hydrogens (tertiary/aromatic N) is 4. The van der Waals surface area contributed by atoms with E-state index in [0.29, 0.717) is 0 Å². The number of furan rings is 1. The predicted molar refractivity (Wildman–Crippen MR) is 187 cm³/mol. The first-order chi connectivity index (χ1) is 23.2. The molecule has 0 amide bonds. The van der Waals surface area contributed by atoms with Crippen LogP contribution in [-0.2, 0) is 7.05 Å². The van der Waals surface area contributed by atoms with E-state index in [1.165, 1.54) is 0 Å². The first-order valence-electron chi connectivity index (χ1n) is 15.6. The molecule has 0 fully saturated rings. The highest BCUT2D eigenvalue weighted by Crippen LogP contribution is 2.38. The Morgan fingerprint density at radius 1 is 0.638 bits per heavy atom. The molecule has 0 aliphatic rings. The Kier molecular flexibility index (Phi) is 5.40. The number of aryl methyl sites for hydroxylation is 1. The third-order valence-corrected chi connectivity index (χ3v) is 9.13. The van der Waals surface area contributed by atoms with E-state index < -0.39 is 0 Å². The lowest BCUT2D eigenvalue weighted by Gasteiger charge is -2.11. The van der Waals surface area contributed by atoms with Crippen LogP contribution in [0.1, 0.15) is 0 Å². The van der Waals surface area contributed by atoms with Crippen molar-refractivity contribution in [3.8, 4) is 23.0 Å². The van der Waals surface area contributed by atoms with Gasteiger partial charge in [-0.15, -0.1) is 0 Å². The van der Waals surface area contributed by atoms with Gasteiger partial charge in [0, 0.05) is 39.2 Å². The van der Waals surface area contributed by atoms with Crippen LogP contribution in [0.3, 0.4) is 0 Å². The van der Waals surface area contributed by atoms with Gasteiger partial charge in [0.15, 0.2) is 0 Å². The standard InChI is InChI=1S/C41H26N4O2/c1-43-25-44(35-16-5-4-15-34(35)43)28-11-8-12-29(22-28)46-30-19-20-32-31-13-2-3-14-33(31)45(36(32)23-30)39-21-26-9-6-17-37-40(26)41-27(24-42-39)10-7-18-38(41)47-37/h2-24H,1H3. The van der Waals surface area contributed by atoms with Crippen LogP contribution in [0, 0.1) is 6.33 Å². The number of hydrogen-bond donors (Lipinski definition) is 0. The molecular formula is C41H26N4O2. The number of benzene rings is 6. The SMILES string of the molecule is Cn1[c-][n+](-c2cccc(Oc3ccc4c5ccccc5n(-c5cc6cccc7oc8cccc(cn5)c8c67)c4c3)c2)c2ccccc21. The van der Waals surface area contributed by atoms with Crippen molar-refractivity contribution < 1.29 is 13.7 Å². The van der Waals surface area contributed by atoms with Gasteiger partial charge in [-0.3, -0.25) is 4.57 Å². The molecule has 0 aliphatic heterocycles. The third-order valence-electron chi connectivity index (χ3n) is 9.13. The van der Waals surface area contributed by atoms with Crippen molar-refractivity contribution in [2.75, 3.05) is 0 Å². The van der Waals surface area contributed by atoms with Gasteiger partial charge >= 0.3 is 0 Å². The van der Waals surface area contributed by atoms with Crippen LogP contribution in [0.2, 0.25) is 0 Å². The van der Waals surface area contributed by atoms with E-state index in [2.05, 4.69) is 88.3 Å². The first-order valence-corrected chi connectivity index (χ1v) is 15.6. The maximum absolute atomic E-state index is 6.55. The van der Waals surface area contributed by atoms with Crippen molar-refractivity contribution >= 4 is 65.6 Å². The van der Waals surface area contributed by atoms with E-state index in [1.54, 1.807) is 0 Å². The number of hydrogen-bond acceptors (Lipinski definition) is 3. The Balaban J connectivity index is 1.15. The fourth-order valence-corrected chi connectivity index (χ4v) is 7.06. The van der Waals surface area contributed by atoms with Gasteiger partial charge in [0.2, 0.25) is 6.33 Å². The highest BCUT2D eigenvalue weighted by atomic mass is 16.5. The lowest BCUT2D eigenvalue weighted by atomic mass is 10.1. The zero-order valence-corrected chi connectivity index (χ0v) is 25.4. The molecule has 4 heterocycles. The van der Waals surface area contributed by atoms with Gasteiger partial charge in [0.25, 0.3) is 0 Å². The molecule has 0 N–H and O–H groups in total. The topological polar surface area (TPSA) is 49.0 Å². The van der Waals surface area contributed by atoms with Gasteiger partial charge in [-0.2, -0.15) is 0 Å². The van der Waals surface area contributed by atoms with Gasteiger partial charge < -0.3 is 18.3 Å². The van der Waals surface area contributed by atoms with Crippen molar-refractivity contribution in [3.05, 3.63) is 146 Å². The van der Waals surface area contributed by atoms with Crippen LogP contribution in [0.5, 0.6) is 11.5 Å². The Hall–Kier alpha value is -6.40. The van der Waals surface area contributed by atoms with Crippen LogP contribution < -0.4 is 9.30 Å². The minimum absolute atomic E-state index is 0.741. The van der Waals surface area contributed by atoms with Crippen molar-refractivity contribution in [3.63, 3.8) is 0 Å². The summed E-state index contributed by atoms with van der Waals surface area (Å²) in [5, 5.41) is 6.58. The molecule has 6 aromatic carbocycles. The van der Waals surface area contributed by atoms with Gasteiger partial charge in [-0.25, -0.2) is 4.98 Å². The van der Waals surface area contributed by atoms with E-state index in [-0.39, 0.29) is 0 Å². The smallest absolute Gasteiger partial charge is 0.244 e. The molecule has 0 saturated heterocycles. The Morgan fingerprint density at radius 3 is 2.26 bits per heavy atom. The van der Waals surface area contributed by atoms with E-state index in [9.17, 15) is 0 Å². The highest BCUT2D eigenvalue weighted by molar-refractivity contribution is 6.20. The molecule has 0 saturated carbocycles. The molecule has 10 rings (SSSR count). The molecule has 0 spiro atoms.